The Balaban J connectivity index is 2.65. The third-order valence-corrected chi connectivity index (χ3v) is 3.96. The number of sulfonamides is 1. The number of amides is 1. The maximum Gasteiger partial charge on any atom is 0.221 e. The van der Waals surface area contributed by atoms with Gasteiger partial charge in [-0.3, -0.25) is 4.79 Å². The highest BCUT2D eigenvalue weighted by molar-refractivity contribution is 7.88. The molecule has 1 aromatic rings. The van der Waals surface area contributed by atoms with Crippen molar-refractivity contribution in [3.8, 4) is 0 Å². The number of nitrogens with one attached hydrogen (secondary N) is 1. The molecule has 0 aliphatic carbocycles. The zero-order valence-corrected chi connectivity index (χ0v) is 13.0. The third-order valence-electron chi connectivity index (χ3n) is 2.71. The van der Waals surface area contributed by atoms with Gasteiger partial charge in [-0.25, -0.2) is 8.42 Å². The molecule has 6 heteroatoms. The van der Waals surface area contributed by atoms with Crippen LogP contribution in [0.5, 0.6) is 0 Å². The summed E-state index contributed by atoms with van der Waals surface area (Å²) in [6, 6.07) is 9.40. The summed E-state index contributed by atoms with van der Waals surface area (Å²) in [6.07, 6.45) is 1.33. The van der Waals surface area contributed by atoms with Gasteiger partial charge in [-0.2, -0.15) is 4.31 Å². The molecule has 1 N–H and O–H groups in total. The second-order valence-corrected chi connectivity index (χ2v) is 7.04. The summed E-state index contributed by atoms with van der Waals surface area (Å²) in [6.45, 7) is 4.22. The van der Waals surface area contributed by atoms with Crippen LogP contribution in [0.15, 0.2) is 30.3 Å². The van der Waals surface area contributed by atoms with Crippen molar-refractivity contribution in [3.05, 3.63) is 35.9 Å². The summed E-state index contributed by atoms with van der Waals surface area (Å²) < 4.78 is 24.9. The Kier molecular flexibility index (Phi) is 6.16. The number of rotatable bonds is 7. The van der Waals surface area contributed by atoms with Crippen LogP contribution in [0.1, 0.15) is 25.8 Å². The molecule has 1 rings (SSSR count). The smallest absolute Gasteiger partial charge is 0.221 e. The predicted octanol–water partition coefficient (Wildman–Crippen LogP) is 1.36. The lowest BCUT2D eigenvalue weighted by molar-refractivity contribution is -0.121. The fraction of sp³-hybridized carbons (Fsp3) is 0.500. The second kappa shape index (κ2) is 7.40. The van der Waals surface area contributed by atoms with E-state index in [1.54, 1.807) is 0 Å². The summed E-state index contributed by atoms with van der Waals surface area (Å²) in [5.41, 5.74) is 0.905. The molecule has 5 nitrogen and oxygen atoms in total. The van der Waals surface area contributed by atoms with Gasteiger partial charge in [0.1, 0.15) is 0 Å². The lowest BCUT2D eigenvalue weighted by Crippen LogP contribution is -2.36. The molecule has 112 valence electrons. The normalized spacial score (nSPS) is 11.8. The molecule has 0 aliphatic heterocycles. The predicted molar refractivity (Wildman–Crippen MR) is 79.6 cm³/mol. The first kappa shape index (κ1) is 16.7. The zero-order valence-electron chi connectivity index (χ0n) is 12.2. The molecule has 1 amide bonds. The Hall–Kier alpha value is -1.40. The van der Waals surface area contributed by atoms with Gasteiger partial charge in [0, 0.05) is 25.6 Å². The fourth-order valence-corrected chi connectivity index (χ4v) is 2.58. The van der Waals surface area contributed by atoms with Crippen molar-refractivity contribution < 1.29 is 13.2 Å². The number of nitrogens with zero attached hydrogens (tertiary/aromatic N) is 1. The van der Waals surface area contributed by atoms with Crippen LogP contribution >= 0.6 is 0 Å². The van der Waals surface area contributed by atoms with E-state index in [-0.39, 0.29) is 31.5 Å². The van der Waals surface area contributed by atoms with Crippen LogP contribution in [0.4, 0.5) is 0 Å². The Morgan fingerprint density at radius 3 is 2.35 bits per heavy atom. The lowest BCUT2D eigenvalue weighted by Gasteiger charge is -2.20. The third kappa shape index (κ3) is 6.16. The summed E-state index contributed by atoms with van der Waals surface area (Å²) in [5.74, 6) is -0.137. The van der Waals surface area contributed by atoms with E-state index in [0.29, 0.717) is 0 Å². The van der Waals surface area contributed by atoms with Crippen molar-refractivity contribution in [1.82, 2.24) is 9.62 Å². The Labute approximate surface area is 121 Å². The molecule has 0 bridgehead atoms. The standard InChI is InChI=1S/C14H22N2O3S/c1-12(2)15-14(17)9-10-16(20(3,18)19)11-13-7-5-4-6-8-13/h4-8,12H,9-11H2,1-3H3,(H,15,17). The topological polar surface area (TPSA) is 66.5 Å². The first-order valence-corrected chi connectivity index (χ1v) is 8.42. The van der Waals surface area contributed by atoms with Gasteiger partial charge >= 0.3 is 0 Å². The summed E-state index contributed by atoms with van der Waals surface area (Å²) >= 11 is 0. The molecular weight excluding hydrogens is 276 g/mol. The van der Waals surface area contributed by atoms with Gasteiger partial charge in [0.15, 0.2) is 0 Å². The summed E-state index contributed by atoms with van der Waals surface area (Å²) in [5, 5.41) is 2.75. The molecule has 20 heavy (non-hydrogen) atoms. The van der Waals surface area contributed by atoms with Crippen LogP contribution in [-0.2, 0) is 21.4 Å². The minimum absolute atomic E-state index is 0.0586. The van der Waals surface area contributed by atoms with Crippen molar-refractivity contribution in [2.24, 2.45) is 0 Å². The van der Waals surface area contributed by atoms with Gasteiger partial charge in [-0.15, -0.1) is 0 Å². The minimum Gasteiger partial charge on any atom is -0.354 e. The van der Waals surface area contributed by atoms with Crippen LogP contribution in [0.3, 0.4) is 0 Å². The summed E-state index contributed by atoms with van der Waals surface area (Å²) in [7, 11) is -3.33. The number of carbonyl (C=O) groups excluding carboxylic acids is 1. The van der Waals surface area contributed by atoms with E-state index >= 15 is 0 Å². The molecule has 0 radical (unpaired) electrons. The van der Waals surface area contributed by atoms with Crippen molar-refractivity contribution in [3.63, 3.8) is 0 Å². The lowest BCUT2D eigenvalue weighted by atomic mass is 10.2. The molecule has 0 aliphatic rings. The Morgan fingerprint density at radius 1 is 1.25 bits per heavy atom. The summed E-state index contributed by atoms with van der Waals surface area (Å²) in [4.78, 5) is 11.6. The molecule has 0 atom stereocenters. The maximum absolute atomic E-state index is 11.8. The van der Waals surface area contributed by atoms with E-state index in [0.717, 1.165) is 11.8 Å². The number of benzene rings is 1. The van der Waals surface area contributed by atoms with Gasteiger partial charge in [-0.05, 0) is 19.4 Å². The van der Waals surface area contributed by atoms with Gasteiger partial charge < -0.3 is 5.32 Å². The van der Waals surface area contributed by atoms with Crippen molar-refractivity contribution in [1.29, 1.82) is 0 Å². The van der Waals surface area contributed by atoms with Gasteiger partial charge in [-0.1, -0.05) is 30.3 Å². The quantitative estimate of drug-likeness (QED) is 0.826. The SMILES string of the molecule is CC(C)NC(=O)CCN(Cc1ccccc1)S(C)(=O)=O. The zero-order chi connectivity index (χ0) is 15.2. The van der Waals surface area contributed by atoms with Crippen LogP contribution in [0.2, 0.25) is 0 Å². The minimum atomic E-state index is -3.33. The highest BCUT2D eigenvalue weighted by atomic mass is 32.2. The van der Waals surface area contributed by atoms with E-state index in [1.807, 2.05) is 44.2 Å². The average molecular weight is 298 g/mol. The molecule has 0 fully saturated rings. The largest absolute Gasteiger partial charge is 0.354 e. The highest BCUT2D eigenvalue weighted by Gasteiger charge is 2.18. The van der Waals surface area contributed by atoms with Crippen molar-refractivity contribution >= 4 is 15.9 Å². The molecule has 0 saturated carbocycles. The van der Waals surface area contributed by atoms with E-state index in [9.17, 15) is 13.2 Å². The number of hydrogen-bond acceptors (Lipinski definition) is 3. The molecule has 0 spiro atoms. The molecule has 0 heterocycles. The number of hydrogen-bond donors (Lipinski definition) is 1. The van der Waals surface area contributed by atoms with Crippen molar-refractivity contribution in [2.75, 3.05) is 12.8 Å². The fourth-order valence-electron chi connectivity index (χ4n) is 1.77. The van der Waals surface area contributed by atoms with E-state index in [1.165, 1.54) is 4.31 Å². The monoisotopic (exact) mass is 298 g/mol. The van der Waals surface area contributed by atoms with Crippen molar-refractivity contribution in [2.45, 2.75) is 32.9 Å². The second-order valence-electron chi connectivity index (χ2n) is 5.05. The first-order chi connectivity index (χ1) is 9.29. The van der Waals surface area contributed by atoms with Gasteiger partial charge in [0.2, 0.25) is 15.9 Å². The number of carbonyl (C=O) groups is 1. The Morgan fingerprint density at radius 2 is 1.85 bits per heavy atom. The van der Waals surface area contributed by atoms with Crippen LogP contribution in [0, 0.1) is 0 Å². The Bertz CT molecular complexity index is 527. The first-order valence-electron chi connectivity index (χ1n) is 6.57. The van der Waals surface area contributed by atoms with E-state index in [4.69, 9.17) is 0 Å². The van der Waals surface area contributed by atoms with Gasteiger partial charge in [0.05, 0.1) is 6.26 Å². The molecule has 0 aromatic heterocycles. The molecule has 1 aromatic carbocycles. The maximum atomic E-state index is 11.8. The highest BCUT2D eigenvalue weighted by Crippen LogP contribution is 2.09. The van der Waals surface area contributed by atoms with Crippen LogP contribution < -0.4 is 5.32 Å². The molecular formula is C14H22N2O3S. The molecule has 0 unspecified atom stereocenters. The molecule has 0 saturated heterocycles. The van der Waals surface area contributed by atoms with E-state index < -0.39 is 10.0 Å². The van der Waals surface area contributed by atoms with Crippen LogP contribution in [-0.4, -0.2) is 37.5 Å². The van der Waals surface area contributed by atoms with E-state index in [2.05, 4.69) is 5.32 Å². The average Bonchev–Trinajstić information content (AvgIpc) is 2.33. The van der Waals surface area contributed by atoms with Gasteiger partial charge in [0.25, 0.3) is 0 Å². The van der Waals surface area contributed by atoms with Crippen LogP contribution in [0.25, 0.3) is 0 Å².